The maximum atomic E-state index is 13.1. The molecule has 0 radical (unpaired) electrons. The van der Waals surface area contributed by atoms with Gasteiger partial charge in [0.15, 0.2) is 36.3 Å². The highest BCUT2D eigenvalue weighted by Gasteiger charge is 2.54. The highest BCUT2D eigenvalue weighted by atomic mass is 35.5. The lowest BCUT2D eigenvalue weighted by atomic mass is 10.1. The van der Waals surface area contributed by atoms with Crippen LogP contribution in [0.25, 0.3) is 0 Å². The van der Waals surface area contributed by atoms with Gasteiger partial charge < -0.3 is 76.5 Å². The van der Waals surface area contributed by atoms with Gasteiger partial charge in [-0.05, 0) is 115 Å². The maximum absolute atomic E-state index is 13.1. The van der Waals surface area contributed by atoms with E-state index >= 15 is 0 Å². The van der Waals surface area contributed by atoms with E-state index in [4.69, 9.17) is 99.7 Å². The fourth-order valence-corrected chi connectivity index (χ4v) is 10.8. The van der Waals surface area contributed by atoms with Gasteiger partial charge in [-0.2, -0.15) is 0 Å². The molecule has 0 bridgehead atoms. The molecule has 16 atom stereocenters. The van der Waals surface area contributed by atoms with Crippen molar-refractivity contribution in [1.29, 1.82) is 0 Å². The molecule has 0 amide bonds. The number of ketones is 1. The summed E-state index contributed by atoms with van der Waals surface area (Å²) >= 11 is 10.4. The summed E-state index contributed by atoms with van der Waals surface area (Å²) in [4.78, 5) is 97.5. The summed E-state index contributed by atoms with van der Waals surface area (Å²) in [7, 11) is 1.57. The van der Waals surface area contributed by atoms with Crippen molar-refractivity contribution in [2.24, 2.45) is 0 Å². The molecular formula is C58H56Cl2O24. The van der Waals surface area contributed by atoms with E-state index in [1.54, 1.807) is 19.2 Å². The second-order valence-corrected chi connectivity index (χ2v) is 21.1. The number of halogens is 2. The van der Waals surface area contributed by atoms with Crippen LogP contribution in [0.1, 0.15) is 89.8 Å². The maximum Gasteiger partial charge on any atom is 0.338 e. The predicted molar refractivity (Wildman–Crippen MR) is 283 cm³/mol. The Kier molecular flexibility index (Phi) is 19.3. The van der Waals surface area contributed by atoms with Crippen molar-refractivity contribution < 1.29 is 115 Å². The summed E-state index contributed by atoms with van der Waals surface area (Å²) in [6.07, 6.45) is -8.98. The van der Waals surface area contributed by atoms with Crippen LogP contribution in [0.15, 0.2) is 97.1 Å². The molecule has 8 aliphatic rings. The van der Waals surface area contributed by atoms with E-state index < -0.39 is 114 Å². The van der Waals surface area contributed by atoms with Crippen LogP contribution < -0.4 is 0 Å². The fourth-order valence-electron chi connectivity index (χ4n) is 10.5. The van der Waals surface area contributed by atoms with E-state index in [-0.39, 0.29) is 104 Å². The van der Waals surface area contributed by atoms with Gasteiger partial charge in [0.2, 0.25) is 0 Å². The van der Waals surface area contributed by atoms with E-state index in [0.717, 1.165) is 0 Å². The first-order chi connectivity index (χ1) is 40.4. The van der Waals surface area contributed by atoms with Crippen LogP contribution in [0.3, 0.4) is 0 Å². The SMILES string of the molecule is CO[C@H]1COC2C1OC[C@H]2OC(=O)c1ccc(C(=O)O[C@@H]2COC3C2OC[C@@H]3OC(=O)c2ccc(C(=O)O[C@@H]3COC4C3OC[C@@H]4OC(=O)c3ccc(C(C)=O)cc3)cc2)cc1.O=C(Cl)c1ccc(C(=O)Cl)cc1.O[C@@H]1COC2C1OC[C@@H]2O. The Labute approximate surface area is 488 Å². The molecule has 8 unspecified atom stereocenters. The number of carbonyl (C=O) groups excluding carboxylic acids is 8. The summed E-state index contributed by atoms with van der Waals surface area (Å²) in [6, 6.07) is 23.5. The zero-order chi connectivity index (χ0) is 59.3. The lowest BCUT2D eigenvalue weighted by Gasteiger charge is -2.18. The predicted octanol–water partition coefficient (Wildman–Crippen LogP) is 3.27. The molecule has 8 heterocycles. The van der Waals surface area contributed by atoms with Crippen molar-refractivity contribution in [3.05, 3.63) is 142 Å². The van der Waals surface area contributed by atoms with Crippen LogP contribution >= 0.6 is 23.2 Å². The summed E-state index contributed by atoms with van der Waals surface area (Å²) in [5, 5.41) is 17.2. The molecule has 0 spiro atoms. The van der Waals surface area contributed by atoms with Crippen molar-refractivity contribution in [3.63, 3.8) is 0 Å². The Hall–Kier alpha value is -6.62. The Bertz CT molecular complexity index is 3020. The van der Waals surface area contributed by atoms with Crippen LogP contribution in [0, 0.1) is 0 Å². The fraction of sp³-hybridized carbons (Fsp3) is 0.448. The van der Waals surface area contributed by atoms with Gasteiger partial charge in [0, 0.05) is 23.8 Å². The van der Waals surface area contributed by atoms with Crippen molar-refractivity contribution >= 4 is 69.3 Å². The first-order valence-electron chi connectivity index (χ1n) is 26.6. The number of rotatable bonds is 14. The second kappa shape index (κ2) is 26.7. The number of aliphatic hydroxyl groups excluding tert-OH is 2. The number of benzene rings is 4. The molecule has 0 aliphatic carbocycles. The van der Waals surface area contributed by atoms with Gasteiger partial charge in [0.25, 0.3) is 10.5 Å². The lowest BCUT2D eigenvalue weighted by molar-refractivity contribution is -0.0294. The van der Waals surface area contributed by atoms with Gasteiger partial charge in [0.05, 0.1) is 80.7 Å². The zero-order valence-electron chi connectivity index (χ0n) is 44.8. The first-order valence-corrected chi connectivity index (χ1v) is 27.4. The average molecular weight is 1210 g/mol. The Morgan fingerprint density at radius 2 is 0.536 bits per heavy atom. The van der Waals surface area contributed by atoms with Gasteiger partial charge in [-0.1, -0.05) is 12.1 Å². The quantitative estimate of drug-likeness (QED) is 0.0792. The Balaban J connectivity index is 0.000000296. The van der Waals surface area contributed by atoms with E-state index in [0.29, 0.717) is 23.3 Å². The lowest BCUT2D eigenvalue weighted by Crippen LogP contribution is -2.36. The highest BCUT2D eigenvalue weighted by molar-refractivity contribution is 6.68. The normalized spacial score (nSPS) is 31.1. The summed E-state index contributed by atoms with van der Waals surface area (Å²) < 4.78 is 78.6. The summed E-state index contributed by atoms with van der Waals surface area (Å²) in [6.45, 7) is 2.63. The standard InChI is InChI=1S/C44H42O18.C8H4Cl2O2.C6H10O4/c1-21(45)22-3-5-23(6-4-22)40(46)59-30-17-54-37-31(18-55-36(30)37)60-43(49)26-11-13-27(14-12-26)44(50)62-33-20-57-38-32(19-56-39(33)38)61-42(48)25-9-7-24(8-10-25)41(47)58-29-16-53-34-28(51-2)15-52-35(29)34;9-7(11)5-1-2-6(4-3-5)8(10)12;7-3-1-9-6-4(8)2-10-5(3)6/h3-14,28-39H,15-20H2,1-2H3;1-4H;3-8H,1-2H2/t28-,29+,30-,31+,32+,33-,34?,35?,36?,37?,38?,39?;;3-,4+,5?,6?/m0../s1. The number of carbonyl (C=O) groups is 8. The Morgan fingerprint density at radius 3 is 0.762 bits per heavy atom. The molecule has 0 saturated carbocycles. The molecule has 8 fully saturated rings. The Morgan fingerprint density at radius 1 is 0.333 bits per heavy atom. The number of Topliss-reactive ketones (excluding diaryl/α,β-unsaturated/α-hetero) is 1. The number of hydrogen-bond donors (Lipinski definition) is 2. The molecule has 8 aliphatic heterocycles. The third-order valence-corrected chi connectivity index (χ3v) is 15.5. The van der Waals surface area contributed by atoms with Gasteiger partial charge in [-0.15, -0.1) is 0 Å². The first kappa shape index (κ1) is 60.5. The zero-order valence-corrected chi connectivity index (χ0v) is 46.3. The molecule has 84 heavy (non-hydrogen) atoms. The smallest absolute Gasteiger partial charge is 0.338 e. The van der Waals surface area contributed by atoms with Crippen LogP contribution in [0.4, 0.5) is 0 Å². The van der Waals surface area contributed by atoms with Crippen molar-refractivity contribution in [1.82, 2.24) is 0 Å². The molecular weight excluding hydrogens is 1150 g/mol. The molecule has 4 aromatic rings. The monoisotopic (exact) mass is 1210 g/mol. The topological polar surface area (TPSA) is 306 Å². The number of hydrogen-bond acceptors (Lipinski definition) is 24. The molecule has 0 aromatic heterocycles. The van der Waals surface area contributed by atoms with Crippen molar-refractivity contribution in [3.8, 4) is 0 Å². The number of methoxy groups -OCH3 is 1. The van der Waals surface area contributed by atoms with Crippen molar-refractivity contribution in [2.75, 3.05) is 60.0 Å². The van der Waals surface area contributed by atoms with E-state index in [2.05, 4.69) is 0 Å². The van der Waals surface area contributed by atoms with Gasteiger partial charge in [-0.25, -0.2) is 24.0 Å². The largest absolute Gasteiger partial charge is 0.453 e. The minimum absolute atomic E-state index is 0.00309. The summed E-state index contributed by atoms with van der Waals surface area (Å²) in [5.74, 6) is -3.32. The van der Waals surface area contributed by atoms with Crippen LogP contribution in [0.2, 0.25) is 0 Å². The number of fused-ring (bicyclic) bond motifs is 4. The minimum atomic E-state index is -0.793. The molecule has 4 aromatic carbocycles. The third-order valence-electron chi connectivity index (χ3n) is 15.1. The molecule has 8 saturated heterocycles. The number of aliphatic hydroxyl groups is 2. The third kappa shape index (κ3) is 13.6. The van der Waals surface area contributed by atoms with Crippen molar-refractivity contribution in [2.45, 2.75) is 105 Å². The molecule has 2 N–H and O–H groups in total. The average Bonchev–Trinajstić information content (AvgIpc) is 4.53. The van der Waals surface area contributed by atoms with Gasteiger partial charge >= 0.3 is 29.8 Å². The minimum Gasteiger partial charge on any atom is -0.453 e. The number of esters is 5. The molecule has 24 nitrogen and oxygen atoms in total. The number of ether oxygens (including phenoxy) is 14. The molecule has 12 rings (SSSR count). The van der Waals surface area contributed by atoms with Gasteiger partial charge in [-0.3, -0.25) is 14.4 Å². The summed E-state index contributed by atoms with van der Waals surface area (Å²) in [5.41, 5.74) is 2.19. The van der Waals surface area contributed by atoms with Crippen LogP contribution in [0.5, 0.6) is 0 Å². The van der Waals surface area contributed by atoms with E-state index in [9.17, 15) is 38.4 Å². The highest BCUT2D eigenvalue weighted by Crippen LogP contribution is 2.35. The van der Waals surface area contributed by atoms with Crippen LogP contribution in [-0.4, -0.2) is 214 Å². The second-order valence-electron chi connectivity index (χ2n) is 20.4. The van der Waals surface area contributed by atoms with Gasteiger partial charge in [0.1, 0.15) is 67.1 Å². The van der Waals surface area contributed by atoms with Crippen LogP contribution in [-0.2, 0) is 66.3 Å². The van der Waals surface area contributed by atoms with E-state index in [1.165, 1.54) is 91.9 Å². The molecule has 446 valence electrons. The molecule has 26 heteroatoms. The van der Waals surface area contributed by atoms with E-state index in [1.807, 2.05) is 0 Å².